The van der Waals surface area contributed by atoms with Crippen molar-refractivity contribution in [3.8, 4) is 0 Å². The van der Waals surface area contributed by atoms with Crippen molar-refractivity contribution >= 4 is 39.1 Å². The van der Waals surface area contributed by atoms with E-state index in [0.717, 1.165) is 5.39 Å². The van der Waals surface area contributed by atoms with E-state index in [2.05, 4.69) is 9.97 Å². The van der Waals surface area contributed by atoms with Gasteiger partial charge in [-0.25, -0.2) is 13.8 Å². The van der Waals surface area contributed by atoms with Crippen molar-refractivity contribution in [1.29, 1.82) is 0 Å². The van der Waals surface area contributed by atoms with Crippen LogP contribution in [0, 0.1) is 0 Å². The zero-order chi connectivity index (χ0) is 23.9. The van der Waals surface area contributed by atoms with E-state index in [1.54, 1.807) is 36.5 Å². The molecule has 0 spiro atoms. The number of carbonyl (C=O) groups excluding carboxylic acids is 1. The van der Waals surface area contributed by atoms with Gasteiger partial charge in [0.1, 0.15) is 5.82 Å². The zero-order valence-corrected chi connectivity index (χ0v) is 18.8. The normalized spacial score (nSPS) is 16.7. The molecule has 0 aliphatic carbocycles. The quantitative estimate of drug-likeness (QED) is 0.461. The average molecular weight is 479 g/mol. The number of fused-ring (bicyclic) bond motifs is 2. The minimum absolute atomic E-state index is 0.000788. The van der Waals surface area contributed by atoms with Gasteiger partial charge in [0.2, 0.25) is 0 Å². The maximum Gasteiger partial charge on any atom is 0.275 e. The van der Waals surface area contributed by atoms with Crippen molar-refractivity contribution in [2.24, 2.45) is 0 Å². The number of nitrogens with two attached hydrogens (primary N) is 1. The Morgan fingerprint density at radius 3 is 2.74 bits per heavy atom. The van der Waals surface area contributed by atoms with Crippen LogP contribution in [-0.4, -0.2) is 25.8 Å². The van der Waals surface area contributed by atoms with Crippen LogP contribution in [0.5, 0.6) is 0 Å². The molecule has 172 valence electrons. The first-order chi connectivity index (χ1) is 16.3. The third kappa shape index (κ3) is 4.03. The Kier molecular flexibility index (Phi) is 5.57. The van der Waals surface area contributed by atoms with Gasteiger partial charge in [0.05, 0.1) is 39.0 Å². The first kappa shape index (κ1) is 22.1. The summed E-state index contributed by atoms with van der Waals surface area (Å²) in [5.74, 6) is -3.37. The molecule has 2 aromatic carbocycles. The van der Waals surface area contributed by atoms with Crippen molar-refractivity contribution in [1.82, 2.24) is 9.97 Å². The Balaban J connectivity index is 1.65. The lowest BCUT2D eigenvalue weighted by Gasteiger charge is -2.31. The summed E-state index contributed by atoms with van der Waals surface area (Å²) in [6.45, 7) is 0.0549. The summed E-state index contributed by atoms with van der Waals surface area (Å²) in [6.07, 6.45) is 2.46. The fourth-order valence-corrected chi connectivity index (χ4v) is 5.61. The van der Waals surface area contributed by atoms with Crippen molar-refractivity contribution in [3.05, 3.63) is 89.7 Å². The molecule has 1 aliphatic heterocycles. The lowest BCUT2D eigenvalue weighted by atomic mass is 10.0. The van der Waals surface area contributed by atoms with Gasteiger partial charge < -0.3 is 10.6 Å². The van der Waals surface area contributed by atoms with E-state index >= 15 is 0 Å². The van der Waals surface area contributed by atoms with Gasteiger partial charge in [-0.2, -0.15) is 0 Å². The first-order valence-electron chi connectivity index (χ1n) is 10.6. The fraction of sp³-hybridized carbons (Fsp3) is 0.160. The van der Waals surface area contributed by atoms with Crippen LogP contribution in [-0.2, 0) is 23.3 Å². The van der Waals surface area contributed by atoms with Gasteiger partial charge in [0.15, 0.2) is 0 Å². The third-order valence-corrected chi connectivity index (χ3v) is 7.24. The minimum atomic E-state index is -3.12. The highest BCUT2D eigenvalue weighted by Gasteiger charge is 2.41. The lowest BCUT2D eigenvalue weighted by Crippen LogP contribution is -2.34. The summed E-state index contributed by atoms with van der Waals surface area (Å²) in [6, 6.07) is 16.6. The Morgan fingerprint density at radius 1 is 1.12 bits per heavy atom. The Labute approximate surface area is 196 Å². The smallest absolute Gasteiger partial charge is 0.275 e. The van der Waals surface area contributed by atoms with Crippen LogP contribution in [0.25, 0.3) is 10.9 Å². The van der Waals surface area contributed by atoms with Crippen LogP contribution in [0.1, 0.15) is 27.9 Å². The molecule has 1 aliphatic rings. The fourth-order valence-electron chi connectivity index (χ4n) is 4.09. The van der Waals surface area contributed by atoms with Crippen LogP contribution >= 0.6 is 0 Å². The van der Waals surface area contributed by atoms with E-state index < -0.39 is 29.1 Å². The lowest BCUT2D eigenvalue weighted by molar-refractivity contribution is -0.0120. The number of pyridine rings is 2. The molecule has 2 N–H and O–H groups in total. The summed E-state index contributed by atoms with van der Waals surface area (Å²) in [5.41, 5.74) is 7.37. The molecular formula is C25H20F2N4O2S. The molecule has 2 aromatic heterocycles. The van der Waals surface area contributed by atoms with Gasteiger partial charge >= 0.3 is 0 Å². The monoisotopic (exact) mass is 478 g/mol. The number of hydrogen-bond acceptors (Lipinski definition) is 5. The van der Waals surface area contributed by atoms with Crippen LogP contribution in [0.3, 0.4) is 0 Å². The molecule has 0 bridgehead atoms. The molecule has 0 fully saturated rings. The Hall–Kier alpha value is -3.72. The number of nitrogens with zero attached hydrogens (tertiary/aromatic N) is 3. The number of aromatic nitrogens is 2. The van der Waals surface area contributed by atoms with Gasteiger partial charge in [-0.3, -0.25) is 14.0 Å². The second-order valence-electron chi connectivity index (χ2n) is 8.05. The van der Waals surface area contributed by atoms with Gasteiger partial charge in [-0.1, -0.05) is 24.3 Å². The van der Waals surface area contributed by atoms with Gasteiger partial charge in [0.25, 0.3) is 11.8 Å². The number of nitrogen functional groups attached to an aromatic ring is 1. The Morgan fingerprint density at radius 2 is 1.94 bits per heavy atom. The average Bonchev–Trinajstić information content (AvgIpc) is 2.84. The molecule has 3 heterocycles. The highest BCUT2D eigenvalue weighted by Crippen LogP contribution is 2.44. The van der Waals surface area contributed by atoms with Crippen LogP contribution in [0.4, 0.5) is 20.3 Å². The van der Waals surface area contributed by atoms with E-state index in [4.69, 9.17) is 5.73 Å². The summed E-state index contributed by atoms with van der Waals surface area (Å²) >= 11 is 0. The molecule has 1 unspecified atom stereocenters. The van der Waals surface area contributed by atoms with Crippen LogP contribution in [0.2, 0.25) is 0 Å². The largest absolute Gasteiger partial charge is 0.384 e. The second kappa shape index (κ2) is 8.57. The van der Waals surface area contributed by atoms with E-state index in [0.29, 0.717) is 16.9 Å². The number of alkyl halides is 2. The van der Waals surface area contributed by atoms with Crippen molar-refractivity contribution < 1.29 is 17.8 Å². The molecule has 0 radical (unpaired) electrons. The summed E-state index contributed by atoms with van der Waals surface area (Å²) in [5, 5.41) is 0.876. The highest BCUT2D eigenvalue weighted by molar-refractivity contribution is 7.85. The molecular weight excluding hydrogens is 458 g/mol. The minimum Gasteiger partial charge on any atom is -0.384 e. The standard InChI is InChI=1S/C25H20F2N4O2S/c26-25(27)10-12-34(33)23-19(25)4-1-5-21(23)31(24(32)18-3-2-11-29-14-18)15-16-6-7-17-8-9-22(28)30-20(17)13-16/h1-9,11,13-14H,10,12,15H2,(H2,28,30). The molecule has 6 nitrogen and oxygen atoms in total. The van der Waals surface area contributed by atoms with Crippen molar-refractivity contribution in [2.45, 2.75) is 23.8 Å². The molecule has 9 heteroatoms. The highest BCUT2D eigenvalue weighted by atomic mass is 32.2. The molecule has 4 aromatic rings. The van der Waals surface area contributed by atoms with E-state index in [-0.39, 0.29) is 34.0 Å². The Bertz CT molecular complexity index is 1430. The predicted octanol–water partition coefficient (Wildman–Crippen LogP) is 4.66. The summed E-state index contributed by atoms with van der Waals surface area (Å²) < 4.78 is 42.3. The number of amides is 1. The molecule has 1 amide bonds. The summed E-state index contributed by atoms with van der Waals surface area (Å²) in [7, 11) is -1.67. The van der Waals surface area contributed by atoms with Crippen LogP contribution < -0.4 is 10.6 Å². The SMILES string of the molecule is Nc1ccc2ccc(CN(C(=O)c3cccnc3)c3cccc4c3S(=O)CCC4(F)F)cc2n1. The number of benzene rings is 2. The molecule has 5 rings (SSSR count). The molecule has 34 heavy (non-hydrogen) atoms. The number of halogens is 2. The van der Waals surface area contributed by atoms with Gasteiger partial charge in [0, 0.05) is 35.5 Å². The number of carbonyl (C=O) groups is 1. The maximum absolute atomic E-state index is 14.7. The van der Waals surface area contributed by atoms with Crippen molar-refractivity contribution in [2.75, 3.05) is 16.4 Å². The molecule has 0 saturated heterocycles. The van der Waals surface area contributed by atoms with E-state index in [9.17, 15) is 17.8 Å². The zero-order valence-electron chi connectivity index (χ0n) is 17.9. The van der Waals surface area contributed by atoms with Crippen molar-refractivity contribution in [3.63, 3.8) is 0 Å². The topological polar surface area (TPSA) is 89.2 Å². The van der Waals surface area contributed by atoms with E-state index in [1.807, 2.05) is 18.2 Å². The maximum atomic E-state index is 14.7. The molecule has 1 atom stereocenters. The first-order valence-corrected chi connectivity index (χ1v) is 11.9. The van der Waals surface area contributed by atoms with Crippen LogP contribution in [0.15, 0.2) is 78.0 Å². The number of rotatable bonds is 4. The summed E-state index contributed by atoms with van der Waals surface area (Å²) in [4.78, 5) is 23.3. The van der Waals surface area contributed by atoms with Gasteiger partial charge in [-0.05, 0) is 42.0 Å². The third-order valence-electron chi connectivity index (χ3n) is 5.78. The molecule has 0 saturated carbocycles. The predicted molar refractivity (Wildman–Crippen MR) is 127 cm³/mol. The number of hydrogen-bond donors (Lipinski definition) is 1. The van der Waals surface area contributed by atoms with E-state index in [1.165, 1.54) is 23.2 Å². The van der Waals surface area contributed by atoms with Gasteiger partial charge in [-0.15, -0.1) is 0 Å². The number of anilines is 2. The second-order valence-corrected chi connectivity index (χ2v) is 9.56.